The molecule has 1 aromatic carbocycles. The number of hydrogen-bond acceptors (Lipinski definition) is 5. The summed E-state index contributed by atoms with van der Waals surface area (Å²) in [6.07, 6.45) is 1.42. The van der Waals surface area contributed by atoms with Gasteiger partial charge in [0.1, 0.15) is 23.1 Å². The summed E-state index contributed by atoms with van der Waals surface area (Å²) in [4.78, 5) is 0. The molecule has 1 aromatic heterocycles. The lowest BCUT2D eigenvalue weighted by Crippen LogP contribution is -1.93. The molecule has 0 atom stereocenters. The molecule has 0 fully saturated rings. The van der Waals surface area contributed by atoms with Crippen molar-refractivity contribution in [2.75, 3.05) is 0 Å². The van der Waals surface area contributed by atoms with Gasteiger partial charge in [-0.05, 0) is 30.7 Å². The molecule has 2 rings (SSSR count). The Morgan fingerprint density at radius 3 is 2.88 bits per heavy atom. The molecule has 84 valence electrons. The minimum Gasteiger partial charge on any atom is -0.508 e. The molecule has 0 unspecified atom stereocenters. The molecule has 0 saturated carbocycles. The highest BCUT2D eigenvalue weighted by Gasteiger charge is 2.07. The maximum absolute atomic E-state index is 9.42. The largest absolute Gasteiger partial charge is 0.508 e. The summed E-state index contributed by atoms with van der Waals surface area (Å²) < 4.78 is 5.41. The third kappa shape index (κ3) is 2.49. The van der Waals surface area contributed by atoms with Crippen LogP contribution in [-0.4, -0.2) is 15.3 Å². The van der Waals surface area contributed by atoms with Crippen LogP contribution < -0.4 is 4.74 Å². The first-order valence-corrected chi connectivity index (χ1v) is 4.89. The molecule has 1 heterocycles. The van der Waals surface area contributed by atoms with Crippen LogP contribution in [0.15, 0.2) is 30.5 Å². The van der Waals surface area contributed by atoms with Crippen LogP contribution >= 0.6 is 0 Å². The molecule has 0 saturated heterocycles. The number of phenols is 1. The van der Waals surface area contributed by atoms with Crippen molar-refractivity contribution in [2.45, 2.75) is 6.92 Å². The highest BCUT2D eigenvalue weighted by molar-refractivity contribution is 5.42. The van der Waals surface area contributed by atoms with E-state index >= 15 is 0 Å². The number of benzene rings is 1. The van der Waals surface area contributed by atoms with Crippen molar-refractivity contribution in [3.05, 3.63) is 41.6 Å². The standard InChI is InChI=1S/C12H9N3O2/c1-8-4-10(16)6-11(5-8)17-12-9(7-13)2-3-14-15-12/h2-6,16H,1H3. The van der Waals surface area contributed by atoms with E-state index < -0.39 is 0 Å². The van der Waals surface area contributed by atoms with Crippen LogP contribution in [0.4, 0.5) is 0 Å². The van der Waals surface area contributed by atoms with E-state index in [9.17, 15) is 5.11 Å². The fourth-order valence-electron chi connectivity index (χ4n) is 1.38. The molecular formula is C12H9N3O2. The van der Waals surface area contributed by atoms with Crippen LogP contribution in [0.2, 0.25) is 0 Å². The van der Waals surface area contributed by atoms with E-state index in [1.165, 1.54) is 18.3 Å². The van der Waals surface area contributed by atoms with Crippen molar-refractivity contribution in [3.8, 4) is 23.4 Å². The summed E-state index contributed by atoms with van der Waals surface area (Å²) in [7, 11) is 0. The van der Waals surface area contributed by atoms with Crippen molar-refractivity contribution < 1.29 is 9.84 Å². The summed E-state index contributed by atoms with van der Waals surface area (Å²) in [6.45, 7) is 1.83. The molecule has 0 radical (unpaired) electrons. The van der Waals surface area contributed by atoms with E-state index in [1.54, 1.807) is 12.1 Å². The number of nitriles is 1. The van der Waals surface area contributed by atoms with Gasteiger partial charge in [-0.15, -0.1) is 5.10 Å². The average Bonchev–Trinajstić information content (AvgIpc) is 2.28. The smallest absolute Gasteiger partial charge is 0.256 e. The highest BCUT2D eigenvalue weighted by atomic mass is 16.5. The maximum atomic E-state index is 9.42. The number of ether oxygens (including phenoxy) is 1. The molecular weight excluding hydrogens is 218 g/mol. The predicted molar refractivity (Wildman–Crippen MR) is 59.7 cm³/mol. The van der Waals surface area contributed by atoms with Gasteiger partial charge in [0.25, 0.3) is 5.88 Å². The van der Waals surface area contributed by atoms with E-state index in [-0.39, 0.29) is 11.6 Å². The molecule has 0 aliphatic carbocycles. The first kappa shape index (κ1) is 10.9. The predicted octanol–water partition coefficient (Wildman–Crippen LogP) is 2.15. The molecule has 0 spiro atoms. The van der Waals surface area contributed by atoms with Crippen molar-refractivity contribution in [3.63, 3.8) is 0 Å². The van der Waals surface area contributed by atoms with Gasteiger partial charge in [-0.25, -0.2) is 0 Å². The third-order valence-electron chi connectivity index (χ3n) is 2.06. The summed E-state index contributed by atoms with van der Waals surface area (Å²) in [5.41, 5.74) is 1.14. The van der Waals surface area contributed by atoms with Crippen molar-refractivity contribution in [2.24, 2.45) is 0 Å². The first-order chi connectivity index (χ1) is 8.19. The second-order valence-electron chi connectivity index (χ2n) is 3.47. The first-order valence-electron chi connectivity index (χ1n) is 4.89. The molecule has 5 heteroatoms. The summed E-state index contributed by atoms with van der Waals surface area (Å²) in [6, 6.07) is 8.25. The fourth-order valence-corrected chi connectivity index (χ4v) is 1.38. The number of nitrogens with zero attached hydrogens (tertiary/aromatic N) is 3. The van der Waals surface area contributed by atoms with E-state index in [0.29, 0.717) is 11.3 Å². The highest BCUT2D eigenvalue weighted by Crippen LogP contribution is 2.26. The summed E-state index contributed by atoms with van der Waals surface area (Å²) in [5, 5.41) is 25.6. The summed E-state index contributed by atoms with van der Waals surface area (Å²) in [5.74, 6) is 0.641. The second-order valence-corrected chi connectivity index (χ2v) is 3.47. The van der Waals surface area contributed by atoms with E-state index in [1.807, 2.05) is 13.0 Å². The zero-order chi connectivity index (χ0) is 12.3. The number of aryl methyl sites for hydroxylation is 1. The summed E-state index contributed by atoms with van der Waals surface area (Å²) >= 11 is 0. The monoisotopic (exact) mass is 227 g/mol. The Hall–Kier alpha value is -2.61. The Kier molecular flexibility index (Phi) is 2.88. The van der Waals surface area contributed by atoms with Gasteiger partial charge in [-0.3, -0.25) is 0 Å². The number of aromatic hydroxyl groups is 1. The maximum Gasteiger partial charge on any atom is 0.256 e. The zero-order valence-electron chi connectivity index (χ0n) is 9.08. The Bertz CT molecular complexity index is 570. The zero-order valence-corrected chi connectivity index (χ0v) is 9.08. The lowest BCUT2D eigenvalue weighted by Gasteiger charge is -2.06. The van der Waals surface area contributed by atoms with Crippen LogP contribution in [-0.2, 0) is 0 Å². The van der Waals surface area contributed by atoms with Crippen LogP contribution in [0.3, 0.4) is 0 Å². The topological polar surface area (TPSA) is 79.0 Å². The van der Waals surface area contributed by atoms with Crippen LogP contribution in [0.25, 0.3) is 0 Å². The molecule has 1 N–H and O–H groups in total. The lowest BCUT2D eigenvalue weighted by atomic mass is 10.2. The number of rotatable bonds is 2. The van der Waals surface area contributed by atoms with Crippen molar-refractivity contribution in [1.29, 1.82) is 5.26 Å². The van der Waals surface area contributed by atoms with E-state index in [4.69, 9.17) is 10.00 Å². The molecule has 5 nitrogen and oxygen atoms in total. The Labute approximate surface area is 97.9 Å². The van der Waals surface area contributed by atoms with Gasteiger partial charge in [-0.1, -0.05) is 0 Å². The molecule has 0 bridgehead atoms. The Morgan fingerprint density at radius 2 is 2.18 bits per heavy atom. The third-order valence-corrected chi connectivity index (χ3v) is 2.06. The van der Waals surface area contributed by atoms with Gasteiger partial charge in [0.2, 0.25) is 0 Å². The SMILES string of the molecule is Cc1cc(O)cc(Oc2nnccc2C#N)c1. The molecule has 0 aliphatic heterocycles. The van der Waals surface area contributed by atoms with Crippen molar-refractivity contribution >= 4 is 0 Å². The average molecular weight is 227 g/mol. The second kappa shape index (κ2) is 4.49. The number of aromatic nitrogens is 2. The molecule has 2 aromatic rings. The quantitative estimate of drug-likeness (QED) is 0.850. The van der Waals surface area contributed by atoms with Crippen LogP contribution in [0, 0.1) is 18.3 Å². The molecule has 17 heavy (non-hydrogen) atoms. The van der Waals surface area contributed by atoms with Gasteiger partial charge in [0.15, 0.2) is 0 Å². The van der Waals surface area contributed by atoms with Crippen LogP contribution in [0.1, 0.15) is 11.1 Å². The number of hydrogen-bond donors (Lipinski definition) is 1. The lowest BCUT2D eigenvalue weighted by molar-refractivity contribution is 0.439. The Balaban J connectivity index is 2.35. The van der Waals surface area contributed by atoms with Crippen molar-refractivity contribution in [1.82, 2.24) is 10.2 Å². The molecule has 0 amide bonds. The minimum atomic E-state index is 0.0994. The van der Waals surface area contributed by atoms with Gasteiger partial charge in [0.05, 0.1) is 6.20 Å². The minimum absolute atomic E-state index is 0.0994. The van der Waals surface area contributed by atoms with Gasteiger partial charge in [0, 0.05) is 6.07 Å². The fraction of sp³-hybridized carbons (Fsp3) is 0.0833. The van der Waals surface area contributed by atoms with Gasteiger partial charge >= 0.3 is 0 Å². The number of phenolic OH excluding ortho intramolecular Hbond substituents is 1. The van der Waals surface area contributed by atoms with Crippen LogP contribution in [0.5, 0.6) is 17.4 Å². The Morgan fingerprint density at radius 1 is 1.35 bits per heavy atom. The van der Waals surface area contributed by atoms with Gasteiger partial charge in [-0.2, -0.15) is 10.4 Å². The van der Waals surface area contributed by atoms with Gasteiger partial charge < -0.3 is 9.84 Å². The van der Waals surface area contributed by atoms with E-state index in [2.05, 4.69) is 10.2 Å². The molecule has 0 aliphatic rings. The van der Waals surface area contributed by atoms with E-state index in [0.717, 1.165) is 5.56 Å². The normalized spacial score (nSPS) is 9.65.